The Balaban J connectivity index is 1.56. The number of likely N-dealkylation sites (tertiary alicyclic amines) is 1. The molecule has 1 aromatic carbocycles. The van der Waals surface area contributed by atoms with Crippen LogP contribution in [-0.4, -0.2) is 60.1 Å². The van der Waals surface area contributed by atoms with Gasteiger partial charge in [0, 0.05) is 18.8 Å². The lowest BCUT2D eigenvalue weighted by molar-refractivity contribution is -0.126. The molecule has 128 valence electrons. The minimum atomic E-state index is -0.376. The van der Waals surface area contributed by atoms with Crippen molar-refractivity contribution < 1.29 is 19.1 Å². The highest BCUT2D eigenvalue weighted by Crippen LogP contribution is 2.20. The fourth-order valence-electron chi connectivity index (χ4n) is 2.95. The van der Waals surface area contributed by atoms with Crippen LogP contribution in [0.15, 0.2) is 24.3 Å². The Hall–Kier alpha value is -2.77. The molecule has 0 bridgehead atoms. The van der Waals surface area contributed by atoms with Crippen LogP contribution in [0.1, 0.15) is 13.3 Å². The van der Waals surface area contributed by atoms with E-state index in [1.165, 1.54) is 4.90 Å². The Morgan fingerprint density at radius 1 is 1.33 bits per heavy atom. The summed E-state index contributed by atoms with van der Waals surface area (Å²) in [5.74, 6) is 0.508. The van der Waals surface area contributed by atoms with Gasteiger partial charge in [-0.15, -0.1) is 0 Å². The molecule has 1 atom stereocenters. The van der Waals surface area contributed by atoms with Crippen LogP contribution in [0.4, 0.5) is 15.3 Å². The van der Waals surface area contributed by atoms with Crippen molar-refractivity contribution in [1.29, 1.82) is 0 Å². The minimum Gasteiger partial charge on any atom is -0.494 e. The van der Waals surface area contributed by atoms with Crippen LogP contribution in [0.2, 0.25) is 0 Å². The molecule has 3 rings (SSSR count). The maximum atomic E-state index is 12.3. The van der Waals surface area contributed by atoms with Gasteiger partial charge in [-0.2, -0.15) is 0 Å². The number of imide groups is 1. The van der Waals surface area contributed by atoms with E-state index in [9.17, 15) is 14.4 Å². The van der Waals surface area contributed by atoms with Crippen LogP contribution in [0, 0.1) is 0 Å². The van der Waals surface area contributed by atoms with E-state index in [1.54, 1.807) is 29.2 Å². The van der Waals surface area contributed by atoms with Crippen molar-refractivity contribution in [1.82, 2.24) is 15.1 Å². The summed E-state index contributed by atoms with van der Waals surface area (Å²) in [5, 5.41) is 5.32. The second kappa shape index (κ2) is 6.77. The molecule has 1 aromatic rings. The van der Waals surface area contributed by atoms with Gasteiger partial charge in [-0.3, -0.25) is 9.69 Å². The molecule has 2 aliphatic heterocycles. The molecule has 0 saturated carbocycles. The number of hydrogen-bond acceptors (Lipinski definition) is 4. The van der Waals surface area contributed by atoms with Crippen molar-refractivity contribution >= 4 is 23.7 Å². The zero-order chi connectivity index (χ0) is 17.1. The van der Waals surface area contributed by atoms with E-state index in [4.69, 9.17) is 4.74 Å². The summed E-state index contributed by atoms with van der Waals surface area (Å²) >= 11 is 0. The highest BCUT2D eigenvalue weighted by Gasteiger charge is 2.39. The van der Waals surface area contributed by atoms with E-state index in [1.807, 2.05) is 6.92 Å². The number of nitrogens with one attached hydrogen (secondary N) is 2. The normalized spacial score (nSPS) is 20.3. The average Bonchev–Trinajstić information content (AvgIpc) is 3.16. The van der Waals surface area contributed by atoms with Gasteiger partial charge in [-0.05, 0) is 37.6 Å². The number of nitrogens with zero attached hydrogens (tertiary/aromatic N) is 2. The van der Waals surface area contributed by atoms with Gasteiger partial charge in [0.15, 0.2) is 0 Å². The quantitative estimate of drug-likeness (QED) is 0.812. The van der Waals surface area contributed by atoms with Gasteiger partial charge in [0.05, 0.1) is 19.2 Å². The third kappa shape index (κ3) is 3.27. The number of ether oxygens (including phenoxy) is 1. The molecule has 0 spiro atoms. The zero-order valence-electron chi connectivity index (χ0n) is 13.4. The maximum absolute atomic E-state index is 12.3. The maximum Gasteiger partial charge on any atom is 0.324 e. The second-order valence-electron chi connectivity index (χ2n) is 5.70. The lowest BCUT2D eigenvalue weighted by Gasteiger charge is -2.21. The highest BCUT2D eigenvalue weighted by molar-refractivity contribution is 6.02. The average molecular weight is 332 g/mol. The van der Waals surface area contributed by atoms with Crippen molar-refractivity contribution in [3.05, 3.63) is 24.3 Å². The molecule has 0 aliphatic carbocycles. The van der Waals surface area contributed by atoms with Gasteiger partial charge in [-0.25, -0.2) is 9.59 Å². The largest absolute Gasteiger partial charge is 0.494 e. The molecule has 2 aliphatic rings. The first-order valence-electron chi connectivity index (χ1n) is 7.97. The van der Waals surface area contributed by atoms with Crippen LogP contribution in [0.5, 0.6) is 5.75 Å². The Kier molecular flexibility index (Phi) is 4.54. The minimum absolute atomic E-state index is 0.0354. The third-order valence-corrected chi connectivity index (χ3v) is 4.11. The number of benzene rings is 1. The standard InChI is InChI=1S/C16H20N4O4/c1-2-24-13-5-3-11(4-6-13)18-16(23)19-8-7-12(10-19)20-14(21)9-17-15(20)22/h3-6,12H,2,7-10H2,1H3,(H,17,22)(H,18,23). The predicted octanol–water partition coefficient (Wildman–Crippen LogP) is 1.24. The summed E-state index contributed by atoms with van der Waals surface area (Å²) in [5.41, 5.74) is 0.668. The molecule has 0 radical (unpaired) electrons. The van der Waals surface area contributed by atoms with E-state index in [0.29, 0.717) is 31.8 Å². The van der Waals surface area contributed by atoms with Crippen molar-refractivity contribution in [3.63, 3.8) is 0 Å². The Morgan fingerprint density at radius 2 is 2.08 bits per heavy atom. The van der Waals surface area contributed by atoms with E-state index < -0.39 is 0 Å². The molecule has 24 heavy (non-hydrogen) atoms. The first-order valence-corrected chi connectivity index (χ1v) is 7.97. The summed E-state index contributed by atoms with van der Waals surface area (Å²) < 4.78 is 5.36. The highest BCUT2D eigenvalue weighted by atomic mass is 16.5. The van der Waals surface area contributed by atoms with E-state index in [-0.39, 0.29) is 30.6 Å². The molecule has 2 fully saturated rings. The lowest BCUT2D eigenvalue weighted by Crippen LogP contribution is -2.43. The Morgan fingerprint density at radius 3 is 2.71 bits per heavy atom. The van der Waals surface area contributed by atoms with Gasteiger partial charge in [0.1, 0.15) is 5.75 Å². The first-order chi connectivity index (χ1) is 11.6. The molecular formula is C16H20N4O4. The topological polar surface area (TPSA) is 91.0 Å². The fourth-order valence-corrected chi connectivity index (χ4v) is 2.95. The van der Waals surface area contributed by atoms with Crippen molar-refractivity contribution in [2.45, 2.75) is 19.4 Å². The van der Waals surface area contributed by atoms with Crippen LogP contribution in [0.25, 0.3) is 0 Å². The van der Waals surface area contributed by atoms with Crippen molar-refractivity contribution in [3.8, 4) is 5.75 Å². The molecule has 8 nitrogen and oxygen atoms in total. The SMILES string of the molecule is CCOc1ccc(NC(=O)N2CCC(N3C(=O)CNC3=O)C2)cc1. The molecule has 2 heterocycles. The van der Waals surface area contributed by atoms with Gasteiger partial charge >= 0.3 is 12.1 Å². The molecule has 2 N–H and O–H groups in total. The zero-order valence-corrected chi connectivity index (χ0v) is 13.4. The molecule has 0 aromatic heterocycles. The smallest absolute Gasteiger partial charge is 0.324 e. The summed E-state index contributed by atoms with van der Waals surface area (Å²) in [6.07, 6.45) is 0.593. The van der Waals surface area contributed by atoms with E-state index in [0.717, 1.165) is 5.75 Å². The van der Waals surface area contributed by atoms with Crippen molar-refractivity contribution in [2.24, 2.45) is 0 Å². The van der Waals surface area contributed by atoms with Gasteiger partial charge in [0.2, 0.25) is 5.91 Å². The van der Waals surface area contributed by atoms with Gasteiger partial charge < -0.3 is 20.3 Å². The molecular weight excluding hydrogens is 312 g/mol. The lowest BCUT2D eigenvalue weighted by atomic mass is 10.2. The van der Waals surface area contributed by atoms with Crippen LogP contribution >= 0.6 is 0 Å². The van der Waals surface area contributed by atoms with Crippen LogP contribution in [-0.2, 0) is 4.79 Å². The van der Waals surface area contributed by atoms with Gasteiger partial charge in [-0.1, -0.05) is 0 Å². The number of anilines is 1. The number of rotatable bonds is 4. The number of hydrogen-bond donors (Lipinski definition) is 2. The Labute approximate surface area is 139 Å². The van der Waals surface area contributed by atoms with E-state index >= 15 is 0 Å². The summed E-state index contributed by atoms with van der Waals surface area (Å²) in [7, 11) is 0. The van der Waals surface area contributed by atoms with Crippen molar-refractivity contribution in [2.75, 3.05) is 31.6 Å². The number of carbonyl (C=O) groups is 3. The number of carbonyl (C=O) groups excluding carboxylic acids is 3. The van der Waals surface area contributed by atoms with E-state index in [2.05, 4.69) is 10.6 Å². The molecule has 2 saturated heterocycles. The summed E-state index contributed by atoms with van der Waals surface area (Å²) in [4.78, 5) is 38.6. The number of urea groups is 2. The Bertz CT molecular complexity index is 630. The molecule has 8 heteroatoms. The predicted molar refractivity (Wildman–Crippen MR) is 86.9 cm³/mol. The summed E-state index contributed by atoms with van der Waals surface area (Å²) in [6.45, 7) is 3.38. The first kappa shape index (κ1) is 16.1. The fraction of sp³-hybridized carbons (Fsp3) is 0.438. The summed E-state index contributed by atoms with van der Waals surface area (Å²) in [6, 6.07) is 6.25. The molecule has 5 amide bonds. The third-order valence-electron chi connectivity index (χ3n) is 4.11. The van der Waals surface area contributed by atoms with Gasteiger partial charge in [0.25, 0.3) is 0 Å². The second-order valence-corrected chi connectivity index (χ2v) is 5.70. The van der Waals surface area contributed by atoms with Crippen LogP contribution in [0.3, 0.4) is 0 Å². The van der Waals surface area contributed by atoms with Crippen LogP contribution < -0.4 is 15.4 Å². The molecule has 1 unspecified atom stereocenters. The number of amides is 5. The monoisotopic (exact) mass is 332 g/mol.